The van der Waals surface area contributed by atoms with Crippen molar-refractivity contribution in [1.82, 2.24) is 9.78 Å². The number of carbonyl (C=O) groups excluding carboxylic acids is 1. The summed E-state index contributed by atoms with van der Waals surface area (Å²) in [5.74, 6) is 0.947. The molecule has 1 unspecified atom stereocenters. The molecule has 98 valence electrons. The van der Waals surface area contributed by atoms with Crippen LogP contribution in [0.5, 0.6) is 0 Å². The highest BCUT2D eigenvalue weighted by molar-refractivity contribution is 7.81. The third-order valence-electron chi connectivity index (χ3n) is 3.31. The van der Waals surface area contributed by atoms with Gasteiger partial charge in [0.05, 0.1) is 5.69 Å². The summed E-state index contributed by atoms with van der Waals surface area (Å²) in [4.78, 5) is 13.7. The van der Waals surface area contributed by atoms with Crippen molar-refractivity contribution in [3.05, 3.63) is 36.4 Å². The summed E-state index contributed by atoms with van der Waals surface area (Å²) in [5, 5.41) is 4.60. The number of thiol groups is 1. The average Bonchev–Trinajstić information content (AvgIpc) is 2.93. The summed E-state index contributed by atoms with van der Waals surface area (Å²) in [6.07, 6.45) is 0.495. The number of rotatable bonds is 2. The van der Waals surface area contributed by atoms with Crippen molar-refractivity contribution in [2.45, 2.75) is 11.7 Å². The minimum absolute atomic E-state index is 0.113. The Hall–Kier alpha value is -1.75. The fourth-order valence-electron chi connectivity index (χ4n) is 2.37. The molecule has 1 aliphatic heterocycles. The molecule has 0 bridgehead atoms. The quantitative estimate of drug-likeness (QED) is 0.851. The van der Waals surface area contributed by atoms with Crippen molar-refractivity contribution < 1.29 is 4.79 Å². The second-order valence-corrected chi connectivity index (χ2v) is 5.47. The monoisotopic (exact) mass is 273 g/mol. The van der Waals surface area contributed by atoms with Crippen molar-refractivity contribution >= 4 is 24.4 Å². The largest absolute Gasteiger partial charge is 0.296 e. The third-order valence-corrected chi connectivity index (χ3v) is 3.65. The van der Waals surface area contributed by atoms with Gasteiger partial charge in [0.2, 0.25) is 5.91 Å². The zero-order valence-corrected chi connectivity index (χ0v) is 11.5. The highest BCUT2D eigenvalue weighted by atomic mass is 32.1. The van der Waals surface area contributed by atoms with Crippen LogP contribution in [0, 0.1) is 0 Å². The van der Waals surface area contributed by atoms with Crippen LogP contribution in [-0.4, -0.2) is 27.5 Å². The lowest BCUT2D eigenvalue weighted by Gasteiger charge is -2.15. The molecule has 0 N–H and O–H groups in total. The van der Waals surface area contributed by atoms with E-state index in [1.807, 2.05) is 43.4 Å². The van der Waals surface area contributed by atoms with Crippen LogP contribution in [-0.2, 0) is 11.8 Å². The van der Waals surface area contributed by atoms with Gasteiger partial charge in [-0.05, 0) is 0 Å². The summed E-state index contributed by atoms with van der Waals surface area (Å²) in [5.41, 5.74) is 1.94. The van der Waals surface area contributed by atoms with Crippen LogP contribution in [0.25, 0.3) is 11.3 Å². The van der Waals surface area contributed by atoms with Crippen LogP contribution in [0.3, 0.4) is 0 Å². The molecule has 1 fully saturated rings. The van der Waals surface area contributed by atoms with Gasteiger partial charge in [-0.2, -0.15) is 17.7 Å². The zero-order valence-electron chi connectivity index (χ0n) is 10.7. The summed E-state index contributed by atoms with van der Waals surface area (Å²) in [7, 11) is 1.86. The molecule has 3 rings (SSSR count). The van der Waals surface area contributed by atoms with Gasteiger partial charge in [-0.25, -0.2) is 0 Å². The van der Waals surface area contributed by atoms with Gasteiger partial charge >= 0.3 is 0 Å². The summed E-state index contributed by atoms with van der Waals surface area (Å²) >= 11 is 4.38. The van der Waals surface area contributed by atoms with Crippen LogP contribution in [0.4, 0.5) is 5.82 Å². The number of amides is 1. The van der Waals surface area contributed by atoms with E-state index in [1.165, 1.54) is 0 Å². The highest BCUT2D eigenvalue weighted by Crippen LogP contribution is 2.27. The van der Waals surface area contributed by atoms with Crippen molar-refractivity contribution in [3.8, 4) is 11.3 Å². The van der Waals surface area contributed by atoms with E-state index in [1.54, 1.807) is 9.58 Å². The minimum atomic E-state index is 0.113. The van der Waals surface area contributed by atoms with Gasteiger partial charge < -0.3 is 0 Å². The first-order valence-electron chi connectivity index (χ1n) is 6.23. The number of benzene rings is 1. The molecule has 1 aliphatic rings. The number of aromatic nitrogens is 2. The Morgan fingerprint density at radius 2 is 2.05 bits per heavy atom. The predicted octanol–water partition coefficient (Wildman–Crippen LogP) is 2.12. The fraction of sp³-hybridized carbons (Fsp3) is 0.286. The Labute approximate surface area is 117 Å². The second kappa shape index (κ2) is 4.74. The maximum atomic E-state index is 11.9. The SMILES string of the molecule is Cn1nc(-c2ccccc2)cc1N1CC(S)CC1=O. The summed E-state index contributed by atoms with van der Waals surface area (Å²) in [6, 6.07) is 11.9. The number of anilines is 1. The standard InChI is InChI=1S/C14H15N3OS/c1-16-13(17-9-11(19)7-14(17)18)8-12(15-16)10-5-3-2-4-6-10/h2-6,8,11,19H,7,9H2,1H3. The maximum absolute atomic E-state index is 11.9. The molecular formula is C14H15N3OS. The van der Waals surface area contributed by atoms with Gasteiger partial charge in [0, 0.05) is 36.9 Å². The molecule has 1 aromatic heterocycles. The normalized spacial score (nSPS) is 19.2. The lowest BCUT2D eigenvalue weighted by atomic mass is 10.1. The van der Waals surface area contributed by atoms with E-state index in [-0.39, 0.29) is 11.2 Å². The molecule has 2 heterocycles. The van der Waals surface area contributed by atoms with Gasteiger partial charge in [0.25, 0.3) is 0 Å². The highest BCUT2D eigenvalue weighted by Gasteiger charge is 2.30. The van der Waals surface area contributed by atoms with Gasteiger partial charge in [-0.15, -0.1) is 0 Å². The van der Waals surface area contributed by atoms with Gasteiger partial charge in [-0.3, -0.25) is 14.4 Å². The zero-order chi connectivity index (χ0) is 13.4. The van der Waals surface area contributed by atoms with Crippen LogP contribution in [0.1, 0.15) is 6.42 Å². The van der Waals surface area contributed by atoms with Gasteiger partial charge in [0.1, 0.15) is 5.82 Å². The molecular weight excluding hydrogens is 258 g/mol. The molecule has 5 heteroatoms. The lowest BCUT2D eigenvalue weighted by Crippen LogP contribution is -2.26. The number of hydrogen-bond donors (Lipinski definition) is 1. The van der Waals surface area contributed by atoms with Crippen molar-refractivity contribution in [2.24, 2.45) is 7.05 Å². The first-order chi connectivity index (χ1) is 9.15. The van der Waals surface area contributed by atoms with E-state index < -0.39 is 0 Å². The Kier molecular flexibility index (Phi) is 3.06. The number of nitrogens with zero attached hydrogens (tertiary/aromatic N) is 3. The molecule has 1 amide bonds. The molecule has 2 aromatic rings. The van der Waals surface area contributed by atoms with Crippen LogP contribution >= 0.6 is 12.6 Å². The molecule has 0 spiro atoms. The Balaban J connectivity index is 1.96. The van der Waals surface area contributed by atoms with E-state index in [0.717, 1.165) is 17.1 Å². The first kappa shape index (κ1) is 12.3. The number of aryl methyl sites for hydroxylation is 1. The summed E-state index contributed by atoms with van der Waals surface area (Å²) < 4.78 is 1.76. The molecule has 0 aliphatic carbocycles. The van der Waals surface area contributed by atoms with Crippen LogP contribution in [0.15, 0.2) is 36.4 Å². The fourth-order valence-corrected chi connectivity index (χ4v) is 2.69. The van der Waals surface area contributed by atoms with E-state index in [4.69, 9.17) is 0 Å². The molecule has 4 nitrogen and oxygen atoms in total. The topological polar surface area (TPSA) is 38.1 Å². The van der Waals surface area contributed by atoms with Crippen LogP contribution in [0.2, 0.25) is 0 Å². The van der Waals surface area contributed by atoms with Crippen molar-refractivity contribution in [2.75, 3.05) is 11.4 Å². The van der Waals surface area contributed by atoms with E-state index >= 15 is 0 Å². The van der Waals surface area contributed by atoms with Crippen molar-refractivity contribution in [3.63, 3.8) is 0 Å². The second-order valence-electron chi connectivity index (χ2n) is 4.74. The lowest BCUT2D eigenvalue weighted by molar-refractivity contribution is -0.117. The third kappa shape index (κ3) is 2.26. The van der Waals surface area contributed by atoms with E-state index in [2.05, 4.69) is 17.7 Å². The van der Waals surface area contributed by atoms with Gasteiger partial charge in [0.15, 0.2) is 0 Å². The van der Waals surface area contributed by atoms with E-state index in [0.29, 0.717) is 13.0 Å². The smallest absolute Gasteiger partial charge is 0.229 e. The van der Waals surface area contributed by atoms with Crippen molar-refractivity contribution in [1.29, 1.82) is 0 Å². The number of carbonyl (C=O) groups is 1. The summed E-state index contributed by atoms with van der Waals surface area (Å²) in [6.45, 7) is 0.649. The van der Waals surface area contributed by atoms with Gasteiger partial charge in [-0.1, -0.05) is 30.3 Å². The maximum Gasteiger partial charge on any atom is 0.229 e. The predicted molar refractivity (Wildman–Crippen MR) is 78.4 cm³/mol. The Bertz CT molecular complexity index is 608. The number of hydrogen-bond acceptors (Lipinski definition) is 3. The van der Waals surface area contributed by atoms with E-state index in [9.17, 15) is 4.79 Å². The molecule has 1 atom stereocenters. The molecule has 19 heavy (non-hydrogen) atoms. The Morgan fingerprint density at radius 3 is 2.68 bits per heavy atom. The first-order valence-corrected chi connectivity index (χ1v) is 6.74. The molecule has 1 aromatic carbocycles. The average molecular weight is 273 g/mol. The molecule has 0 radical (unpaired) electrons. The molecule has 1 saturated heterocycles. The Morgan fingerprint density at radius 1 is 1.32 bits per heavy atom. The molecule has 0 saturated carbocycles. The minimum Gasteiger partial charge on any atom is -0.296 e. The van der Waals surface area contributed by atoms with Crippen LogP contribution < -0.4 is 4.90 Å².